The third-order valence-corrected chi connectivity index (χ3v) is 3.66. The molecule has 0 aromatic heterocycles. The van der Waals surface area contributed by atoms with Gasteiger partial charge in [-0.1, -0.05) is 11.6 Å². The van der Waals surface area contributed by atoms with Crippen molar-refractivity contribution in [1.29, 1.82) is 0 Å². The van der Waals surface area contributed by atoms with E-state index in [1.165, 1.54) is 19.2 Å². The summed E-state index contributed by atoms with van der Waals surface area (Å²) < 4.78 is 18.6. The molecule has 0 aliphatic carbocycles. The lowest BCUT2D eigenvalue weighted by molar-refractivity contribution is 0.102. The number of halogens is 3. The number of carbonyl (C=O) groups excluding carboxylic acids is 1. The summed E-state index contributed by atoms with van der Waals surface area (Å²) in [5.41, 5.74) is 6.75. The Balaban J connectivity index is 2.30. The van der Waals surface area contributed by atoms with Gasteiger partial charge in [0, 0.05) is 10.0 Å². The minimum atomic E-state index is -0.501. The van der Waals surface area contributed by atoms with Crippen molar-refractivity contribution in [1.82, 2.24) is 0 Å². The molecule has 0 radical (unpaired) electrons. The Morgan fingerprint density at radius 3 is 2.71 bits per heavy atom. The highest BCUT2D eigenvalue weighted by Gasteiger charge is 2.14. The highest BCUT2D eigenvalue weighted by Crippen LogP contribution is 2.32. The fourth-order valence-corrected chi connectivity index (χ4v) is 2.60. The lowest BCUT2D eigenvalue weighted by Crippen LogP contribution is -2.13. The monoisotopic (exact) mass is 372 g/mol. The van der Waals surface area contributed by atoms with Crippen molar-refractivity contribution in [2.45, 2.75) is 0 Å². The zero-order valence-corrected chi connectivity index (χ0v) is 13.3. The molecule has 4 nitrogen and oxygen atoms in total. The summed E-state index contributed by atoms with van der Waals surface area (Å²) >= 11 is 9.08. The number of hydrogen-bond acceptors (Lipinski definition) is 3. The Labute approximate surface area is 134 Å². The van der Waals surface area contributed by atoms with Gasteiger partial charge in [0.05, 0.1) is 23.5 Å². The van der Waals surface area contributed by atoms with Crippen LogP contribution in [0.5, 0.6) is 5.75 Å². The van der Waals surface area contributed by atoms with Gasteiger partial charge in [-0.05, 0) is 46.3 Å². The van der Waals surface area contributed by atoms with Crippen LogP contribution in [-0.2, 0) is 0 Å². The van der Waals surface area contributed by atoms with Gasteiger partial charge in [0.2, 0.25) is 0 Å². The first-order chi connectivity index (χ1) is 9.92. The molecule has 0 saturated heterocycles. The van der Waals surface area contributed by atoms with E-state index in [1.807, 2.05) is 0 Å². The topological polar surface area (TPSA) is 64.3 Å². The number of carbonyl (C=O) groups is 1. The minimum absolute atomic E-state index is 0.0950. The maximum Gasteiger partial charge on any atom is 0.255 e. The number of methoxy groups -OCH3 is 1. The van der Waals surface area contributed by atoms with Gasteiger partial charge in [-0.3, -0.25) is 4.79 Å². The number of hydrogen-bond donors (Lipinski definition) is 2. The van der Waals surface area contributed by atoms with Crippen molar-refractivity contribution in [3.05, 3.63) is 51.2 Å². The molecule has 0 fully saturated rings. The van der Waals surface area contributed by atoms with Crippen LogP contribution >= 0.6 is 27.5 Å². The van der Waals surface area contributed by atoms with Crippen LogP contribution in [0.2, 0.25) is 5.02 Å². The highest BCUT2D eigenvalue weighted by atomic mass is 79.9. The first-order valence-electron chi connectivity index (χ1n) is 5.81. The average Bonchev–Trinajstić information content (AvgIpc) is 2.43. The lowest BCUT2D eigenvalue weighted by atomic mass is 10.1. The van der Waals surface area contributed by atoms with E-state index < -0.39 is 11.7 Å². The van der Waals surface area contributed by atoms with E-state index in [2.05, 4.69) is 21.2 Å². The van der Waals surface area contributed by atoms with Crippen LogP contribution in [-0.4, -0.2) is 13.0 Å². The zero-order chi connectivity index (χ0) is 15.6. The van der Waals surface area contributed by atoms with Gasteiger partial charge in [0.1, 0.15) is 11.6 Å². The van der Waals surface area contributed by atoms with E-state index in [9.17, 15) is 9.18 Å². The zero-order valence-electron chi connectivity index (χ0n) is 10.9. The Hall–Kier alpha value is -1.79. The van der Waals surface area contributed by atoms with Gasteiger partial charge < -0.3 is 15.8 Å². The van der Waals surface area contributed by atoms with E-state index in [0.717, 1.165) is 6.07 Å². The second kappa shape index (κ2) is 6.32. The molecule has 0 spiro atoms. The normalized spacial score (nSPS) is 10.3. The van der Waals surface area contributed by atoms with Gasteiger partial charge >= 0.3 is 0 Å². The molecular weight excluding hydrogens is 363 g/mol. The summed E-state index contributed by atoms with van der Waals surface area (Å²) in [6, 6.07) is 6.96. The molecule has 0 atom stereocenters. The number of benzene rings is 2. The third kappa shape index (κ3) is 3.46. The summed E-state index contributed by atoms with van der Waals surface area (Å²) in [7, 11) is 1.46. The van der Waals surface area contributed by atoms with Gasteiger partial charge in [-0.25, -0.2) is 4.39 Å². The van der Waals surface area contributed by atoms with Crippen molar-refractivity contribution in [2.24, 2.45) is 0 Å². The van der Waals surface area contributed by atoms with E-state index >= 15 is 0 Å². The highest BCUT2D eigenvalue weighted by molar-refractivity contribution is 9.10. The molecule has 0 unspecified atom stereocenters. The lowest BCUT2D eigenvalue weighted by Gasteiger charge is -2.11. The van der Waals surface area contributed by atoms with Gasteiger partial charge in [0.25, 0.3) is 5.91 Å². The first-order valence-corrected chi connectivity index (χ1v) is 6.99. The van der Waals surface area contributed by atoms with Crippen LogP contribution in [0.25, 0.3) is 0 Å². The van der Waals surface area contributed by atoms with Crippen LogP contribution in [0.1, 0.15) is 10.4 Å². The van der Waals surface area contributed by atoms with E-state index in [4.69, 9.17) is 22.1 Å². The largest absolute Gasteiger partial charge is 0.495 e. The van der Waals surface area contributed by atoms with Crippen LogP contribution in [0, 0.1) is 5.82 Å². The molecule has 2 aromatic rings. The predicted octanol–water partition coefficient (Wildman–Crippen LogP) is 4.08. The van der Waals surface area contributed by atoms with E-state index in [1.54, 1.807) is 12.1 Å². The summed E-state index contributed by atoms with van der Waals surface area (Å²) in [5, 5.41) is 2.71. The standard InChI is InChI=1S/C14H11BrClFN2O2/c1-21-12-4-7(2-3-11(12)18)14(20)19-13-9(15)5-8(17)6-10(13)16/h2-6H,18H2,1H3,(H,19,20). The number of nitrogen functional groups attached to an aromatic ring is 1. The van der Waals surface area contributed by atoms with Gasteiger partial charge in [-0.2, -0.15) is 0 Å². The molecule has 0 saturated carbocycles. The Kier molecular flexibility index (Phi) is 4.69. The smallest absolute Gasteiger partial charge is 0.255 e. The maximum atomic E-state index is 13.2. The van der Waals surface area contributed by atoms with Crippen LogP contribution < -0.4 is 15.8 Å². The third-order valence-electron chi connectivity index (χ3n) is 2.74. The predicted molar refractivity (Wildman–Crippen MR) is 84.5 cm³/mol. The number of anilines is 2. The molecular formula is C14H11BrClFN2O2. The Morgan fingerprint density at radius 2 is 2.10 bits per heavy atom. The second-order valence-electron chi connectivity index (χ2n) is 4.16. The maximum absolute atomic E-state index is 13.2. The van der Waals surface area contributed by atoms with Crippen LogP contribution in [0.3, 0.4) is 0 Å². The van der Waals surface area contributed by atoms with E-state index in [0.29, 0.717) is 27.2 Å². The minimum Gasteiger partial charge on any atom is -0.495 e. The Morgan fingerprint density at radius 1 is 1.38 bits per heavy atom. The number of nitrogens with one attached hydrogen (secondary N) is 1. The SMILES string of the molecule is COc1cc(C(=O)Nc2c(Cl)cc(F)cc2Br)ccc1N. The molecule has 0 aliphatic rings. The number of nitrogens with two attached hydrogens (primary N) is 1. The van der Waals surface area contributed by atoms with Crippen molar-refractivity contribution in [2.75, 3.05) is 18.2 Å². The van der Waals surface area contributed by atoms with Crippen LogP contribution in [0.4, 0.5) is 15.8 Å². The van der Waals surface area contributed by atoms with Crippen molar-refractivity contribution < 1.29 is 13.9 Å². The Bertz CT molecular complexity index is 686. The van der Waals surface area contributed by atoms with Crippen molar-refractivity contribution in [3.63, 3.8) is 0 Å². The van der Waals surface area contributed by atoms with E-state index in [-0.39, 0.29) is 5.02 Å². The molecule has 110 valence electrons. The fourth-order valence-electron chi connectivity index (χ4n) is 1.70. The fraction of sp³-hybridized carbons (Fsp3) is 0.0714. The first kappa shape index (κ1) is 15.6. The molecule has 2 aromatic carbocycles. The van der Waals surface area contributed by atoms with Gasteiger partial charge in [0.15, 0.2) is 0 Å². The second-order valence-corrected chi connectivity index (χ2v) is 5.42. The summed E-state index contributed by atoms with van der Waals surface area (Å²) in [5.74, 6) is -0.520. The summed E-state index contributed by atoms with van der Waals surface area (Å²) in [6.45, 7) is 0. The van der Waals surface area contributed by atoms with Crippen LogP contribution in [0.15, 0.2) is 34.8 Å². The summed E-state index contributed by atoms with van der Waals surface area (Å²) in [6.07, 6.45) is 0. The molecule has 2 rings (SSSR count). The average molecular weight is 374 g/mol. The number of amides is 1. The molecule has 21 heavy (non-hydrogen) atoms. The molecule has 0 bridgehead atoms. The molecule has 0 heterocycles. The summed E-state index contributed by atoms with van der Waals surface area (Å²) in [4.78, 5) is 12.2. The molecule has 1 amide bonds. The molecule has 3 N–H and O–H groups in total. The van der Waals surface area contributed by atoms with Crippen molar-refractivity contribution >= 4 is 44.8 Å². The molecule has 0 aliphatic heterocycles. The number of rotatable bonds is 3. The number of ether oxygens (including phenoxy) is 1. The van der Waals surface area contributed by atoms with Crippen molar-refractivity contribution in [3.8, 4) is 5.75 Å². The quantitative estimate of drug-likeness (QED) is 0.797. The molecule has 7 heteroatoms. The van der Waals surface area contributed by atoms with Gasteiger partial charge in [-0.15, -0.1) is 0 Å².